The van der Waals surface area contributed by atoms with Crippen molar-refractivity contribution in [1.82, 2.24) is 20.3 Å². The second-order valence-corrected chi connectivity index (χ2v) is 7.28. The second-order valence-electron chi connectivity index (χ2n) is 7.28. The lowest BCUT2D eigenvalue weighted by atomic mass is 9.97. The van der Waals surface area contributed by atoms with Crippen LogP contribution in [0.1, 0.15) is 48.1 Å². The molecule has 29 heavy (non-hydrogen) atoms. The van der Waals surface area contributed by atoms with E-state index in [0.717, 1.165) is 12.0 Å². The number of aromatic nitrogens is 3. The van der Waals surface area contributed by atoms with Gasteiger partial charge in [-0.25, -0.2) is 4.68 Å². The maximum absolute atomic E-state index is 12.9. The molecule has 0 aliphatic heterocycles. The predicted octanol–water partition coefficient (Wildman–Crippen LogP) is 4.00. The van der Waals surface area contributed by atoms with E-state index in [1.54, 1.807) is 19.1 Å². The summed E-state index contributed by atoms with van der Waals surface area (Å²) in [6, 6.07) is 15.7. The first kappa shape index (κ1) is 20.2. The van der Waals surface area contributed by atoms with E-state index in [0.29, 0.717) is 17.3 Å². The molecule has 1 unspecified atom stereocenters. The molecule has 8 heteroatoms. The number of hydrogen-bond acceptors (Lipinski definition) is 5. The lowest BCUT2D eigenvalue weighted by Gasteiger charge is -2.20. The molecule has 1 N–H and O–H groups in total. The highest BCUT2D eigenvalue weighted by Gasteiger charge is 2.22. The smallest absolute Gasteiger partial charge is 0.274 e. The number of non-ortho nitro benzene ring substituents is 1. The third kappa shape index (κ3) is 4.66. The highest BCUT2D eigenvalue weighted by molar-refractivity contribution is 5.93. The molecule has 0 saturated carbocycles. The van der Waals surface area contributed by atoms with Gasteiger partial charge in [0.25, 0.3) is 11.6 Å². The molecule has 0 bridgehead atoms. The molecule has 0 aliphatic rings. The molecule has 1 atom stereocenters. The quantitative estimate of drug-likeness (QED) is 0.483. The Kier molecular flexibility index (Phi) is 6.01. The highest BCUT2D eigenvalue weighted by Crippen LogP contribution is 2.23. The predicted molar refractivity (Wildman–Crippen MR) is 109 cm³/mol. The zero-order valence-electron chi connectivity index (χ0n) is 16.6. The fourth-order valence-corrected chi connectivity index (χ4v) is 3.18. The molecule has 2 aromatic carbocycles. The molecule has 1 heterocycles. The van der Waals surface area contributed by atoms with E-state index in [4.69, 9.17) is 0 Å². The molecular formula is C21H23N5O3. The van der Waals surface area contributed by atoms with Crippen LogP contribution in [-0.4, -0.2) is 25.8 Å². The van der Waals surface area contributed by atoms with Crippen LogP contribution in [0.5, 0.6) is 0 Å². The van der Waals surface area contributed by atoms with Crippen molar-refractivity contribution in [3.05, 3.63) is 81.7 Å². The van der Waals surface area contributed by atoms with E-state index in [-0.39, 0.29) is 23.3 Å². The monoisotopic (exact) mass is 393 g/mol. The van der Waals surface area contributed by atoms with E-state index in [9.17, 15) is 14.9 Å². The summed E-state index contributed by atoms with van der Waals surface area (Å²) in [5, 5.41) is 22.1. The maximum Gasteiger partial charge on any atom is 0.274 e. The number of nitrogens with one attached hydrogen (secondary N) is 1. The Balaban J connectivity index is 1.86. The topological polar surface area (TPSA) is 103 Å². The lowest BCUT2D eigenvalue weighted by Crippen LogP contribution is -2.30. The van der Waals surface area contributed by atoms with E-state index >= 15 is 0 Å². The Morgan fingerprint density at radius 2 is 1.90 bits per heavy atom. The summed E-state index contributed by atoms with van der Waals surface area (Å²) in [4.78, 5) is 23.5. The van der Waals surface area contributed by atoms with Gasteiger partial charge >= 0.3 is 0 Å². The van der Waals surface area contributed by atoms with Gasteiger partial charge in [-0.15, -0.1) is 5.10 Å². The minimum Gasteiger partial charge on any atom is -0.344 e. The Morgan fingerprint density at radius 3 is 2.55 bits per heavy atom. The van der Waals surface area contributed by atoms with Crippen LogP contribution in [0, 0.1) is 23.0 Å². The standard InChI is InChI=1S/C21H23N5O3/c1-14(2)12-19(16-8-5-4-6-9-16)22-21(27)20-15(3)25(24-23-20)17-10-7-11-18(13-17)26(28)29/h4-11,13-14,19H,12H2,1-3H3,(H,22,27). The Labute approximate surface area is 168 Å². The van der Waals surface area contributed by atoms with Crippen molar-refractivity contribution in [3.63, 3.8) is 0 Å². The zero-order valence-corrected chi connectivity index (χ0v) is 16.6. The van der Waals surface area contributed by atoms with Gasteiger partial charge in [-0.3, -0.25) is 14.9 Å². The third-order valence-electron chi connectivity index (χ3n) is 4.61. The number of carbonyl (C=O) groups is 1. The average Bonchev–Trinajstić information content (AvgIpc) is 3.09. The van der Waals surface area contributed by atoms with Crippen LogP contribution in [0.3, 0.4) is 0 Å². The normalized spacial score (nSPS) is 12.0. The molecule has 3 rings (SSSR count). The average molecular weight is 393 g/mol. The zero-order chi connectivity index (χ0) is 21.0. The summed E-state index contributed by atoms with van der Waals surface area (Å²) in [5.74, 6) is 0.0656. The van der Waals surface area contributed by atoms with Crippen molar-refractivity contribution in [2.75, 3.05) is 0 Å². The maximum atomic E-state index is 12.9. The van der Waals surface area contributed by atoms with Crippen LogP contribution in [0.4, 0.5) is 5.69 Å². The minimum atomic E-state index is -0.472. The molecule has 150 valence electrons. The van der Waals surface area contributed by atoms with Crippen molar-refractivity contribution in [2.45, 2.75) is 33.2 Å². The van der Waals surface area contributed by atoms with Gasteiger partial charge in [-0.2, -0.15) is 0 Å². The van der Waals surface area contributed by atoms with Gasteiger partial charge in [0, 0.05) is 12.1 Å². The van der Waals surface area contributed by atoms with Gasteiger partial charge < -0.3 is 5.32 Å². The molecule has 0 radical (unpaired) electrons. The van der Waals surface area contributed by atoms with E-state index < -0.39 is 4.92 Å². The van der Waals surface area contributed by atoms with Crippen LogP contribution in [0.15, 0.2) is 54.6 Å². The van der Waals surface area contributed by atoms with E-state index in [1.807, 2.05) is 30.3 Å². The second kappa shape index (κ2) is 8.64. The molecule has 3 aromatic rings. The van der Waals surface area contributed by atoms with Crippen LogP contribution < -0.4 is 5.32 Å². The number of carbonyl (C=O) groups excluding carboxylic acids is 1. The molecular weight excluding hydrogens is 370 g/mol. The first-order valence-electron chi connectivity index (χ1n) is 9.39. The van der Waals surface area contributed by atoms with Gasteiger partial charge in [0.1, 0.15) is 0 Å². The summed E-state index contributed by atoms with van der Waals surface area (Å²) in [5.41, 5.74) is 2.16. The van der Waals surface area contributed by atoms with Crippen molar-refractivity contribution in [2.24, 2.45) is 5.92 Å². The fourth-order valence-electron chi connectivity index (χ4n) is 3.18. The number of hydrogen-bond donors (Lipinski definition) is 1. The molecule has 0 saturated heterocycles. The van der Waals surface area contributed by atoms with Crippen LogP contribution in [0.25, 0.3) is 5.69 Å². The van der Waals surface area contributed by atoms with Gasteiger partial charge in [0.15, 0.2) is 5.69 Å². The number of nitrogens with zero attached hydrogens (tertiary/aromatic N) is 4. The van der Waals surface area contributed by atoms with Crippen LogP contribution in [0.2, 0.25) is 0 Å². The number of benzene rings is 2. The van der Waals surface area contributed by atoms with Crippen LogP contribution >= 0.6 is 0 Å². The van der Waals surface area contributed by atoms with Crippen molar-refractivity contribution < 1.29 is 9.72 Å². The molecule has 1 amide bonds. The number of rotatable bonds is 7. The van der Waals surface area contributed by atoms with Gasteiger partial charge in [-0.1, -0.05) is 55.5 Å². The van der Waals surface area contributed by atoms with Gasteiger partial charge in [-0.05, 0) is 30.9 Å². The Hall–Kier alpha value is -3.55. The van der Waals surface area contributed by atoms with Gasteiger partial charge in [0.05, 0.1) is 22.3 Å². The van der Waals surface area contributed by atoms with Crippen molar-refractivity contribution >= 4 is 11.6 Å². The first-order chi connectivity index (χ1) is 13.9. The molecule has 0 fully saturated rings. The third-order valence-corrected chi connectivity index (χ3v) is 4.61. The number of amides is 1. The summed E-state index contributed by atoms with van der Waals surface area (Å²) >= 11 is 0. The molecule has 1 aromatic heterocycles. The van der Waals surface area contributed by atoms with E-state index in [2.05, 4.69) is 29.5 Å². The molecule has 0 aliphatic carbocycles. The van der Waals surface area contributed by atoms with E-state index in [1.165, 1.54) is 16.8 Å². The lowest BCUT2D eigenvalue weighted by molar-refractivity contribution is -0.384. The summed E-state index contributed by atoms with van der Waals surface area (Å²) in [6.07, 6.45) is 0.786. The summed E-state index contributed by atoms with van der Waals surface area (Å²) < 4.78 is 1.43. The van der Waals surface area contributed by atoms with Crippen molar-refractivity contribution in [3.8, 4) is 5.69 Å². The summed E-state index contributed by atoms with van der Waals surface area (Å²) in [7, 11) is 0. The molecule has 0 spiro atoms. The summed E-state index contributed by atoms with van der Waals surface area (Å²) in [6.45, 7) is 5.92. The highest BCUT2D eigenvalue weighted by atomic mass is 16.6. The SMILES string of the molecule is Cc1c(C(=O)NC(CC(C)C)c2ccccc2)nnn1-c1cccc([N+](=O)[O-])c1. The first-order valence-corrected chi connectivity index (χ1v) is 9.39. The number of nitro benzene ring substituents is 1. The van der Waals surface area contributed by atoms with Crippen LogP contribution in [-0.2, 0) is 0 Å². The minimum absolute atomic E-state index is 0.0514. The Morgan fingerprint density at radius 1 is 1.17 bits per heavy atom. The molecule has 8 nitrogen and oxygen atoms in total. The Bertz CT molecular complexity index is 1010. The number of nitro groups is 1. The largest absolute Gasteiger partial charge is 0.344 e. The fraction of sp³-hybridized carbons (Fsp3) is 0.286. The van der Waals surface area contributed by atoms with Gasteiger partial charge in [0.2, 0.25) is 0 Å². The van der Waals surface area contributed by atoms with Crippen molar-refractivity contribution in [1.29, 1.82) is 0 Å².